The zero-order valence-electron chi connectivity index (χ0n) is 12.2. The normalized spacial score (nSPS) is 18.9. The molecule has 18 heavy (non-hydrogen) atoms. The Morgan fingerprint density at radius 1 is 1.11 bits per heavy atom. The molecule has 1 N–H and O–H groups in total. The van der Waals surface area contributed by atoms with Gasteiger partial charge in [-0.2, -0.15) is 0 Å². The molecule has 0 amide bonds. The SMILES string of the molecule is CCC(c1c(C)cc(C)cc1C)N1CCNCC1. The quantitative estimate of drug-likeness (QED) is 0.882. The third kappa shape index (κ3) is 2.76. The van der Waals surface area contributed by atoms with Crippen LogP contribution in [0.25, 0.3) is 0 Å². The van der Waals surface area contributed by atoms with Crippen LogP contribution in [-0.4, -0.2) is 31.1 Å². The Kier molecular flexibility index (Phi) is 4.41. The van der Waals surface area contributed by atoms with Crippen LogP contribution in [0.5, 0.6) is 0 Å². The molecule has 1 atom stereocenters. The van der Waals surface area contributed by atoms with E-state index >= 15 is 0 Å². The van der Waals surface area contributed by atoms with Gasteiger partial charge < -0.3 is 5.32 Å². The van der Waals surface area contributed by atoms with E-state index < -0.39 is 0 Å². The van der Waals surface area contributed by atoms with Gasteiger partial charge in [-0.15, -0.1) is 0 Å². The molecular weight excluding hydrogens is 220 g/mol. The van der Waals surface area contributed by atoms with Crippen molar-refractivity contribution in [1.29, 1.82) is 0 Å². The predicted octanol–water partition coefficient (Wildman–Crippen LogP) is 2.97. The molecule has 0 spiro atoms. The number of nitrogens with one attached hydrogen (secondary N) is 1. The first kappa shape index (κ1) is 13.6. The van der Waals surface area contributed by atoms with Crippen LogP contribution in [0, 0.1) is 20.8 Å². The van der Waals surface area contributed by atoms with E-state index in [4.69, 9.17) is 0 Å². The Morgan fingerprint density at radius 2 is 1.67 bits per heavy atom. The van der Waals surface area contributed by atoms with Crippen LogP contribution < -0.4 is 5.32 Å². The van der Waals surface area contributed by atoms with E-state index in [0.717, 1.165) is 13.1 Å². The summed E-state index contributed by atoms with van der Waals surface area (Å²) in [6.45, 7) is 13.6. The number of nitrogens with zero attached hydrogens (tertiary/aromatic N) is 1. The van der Waals surface area contributed by atoms with E-state index in [1.165, 1.54) is 36.2 Å². The number of benzene rings is 1. The Labute approximate surface area is 111 Å². The van der Waals surface area contributed by atoms with Crippen molar-refractivity contribution in [3.05, 3.63) is 34.4 Å². The molecule has 1 fully saturated rings. The number of piperazine rings is 1. The number of rotatable bonds is 3. The van der Waals surface area contributed by atoms with Crippen LogP contribution in [0.4, 0.5) is 0 Å². The summed E-state index contributed by atoms with van der Waals surface area (Å²) < 4.78 is 0. The maximum Gasteiger partial charge on any atom is 0.0351 e. The summed E-state index contributed by atoms with van der Waals surface area (Å²) >= 11 is 0. The van der Waals surface area contributed by atoms with Gasteiger partial charge in [0.1, 0.15) is 0 Å². The molecule has 1 aliphatic rings. The zero-order valence-corrected chi connectivity index (χ0v) is 12.2. The summed E-state index contributed by atoms with van der Waals surface area (Å²) in [5.41, 5.74) is 5.85. The van der Waals surface area contributed by atoms with Crippen LogP contribution in [0.1, 0.15) is 41.6 Å². The van der Waals surface area contributed by atoms with Gasteiger partial charge in [-0.3, -0.25) is 4.90 Å². The summed E-state index contributed by atoms with van der Waals surface area (Å²) in [7, 11) is 0. The fraction of sp³-hybridized carbons (Fsp3) is 0.625. The molecule has 0 saturated carbocycles. The van der Waals surface area contributed by atoms with Crippen molar-refractivity contribution >= 4 is 0 Å². The van der Waals surface area contributed by atoms with E-state index in [2.05, 4.69) is 50.0 Å². The van der Waals surface area contributed by atoms with Crippen molar-refractivity contribution in [2.24, 2.45) is 0 Å². The van der Waals surface area contributed by atoms with Crippen LogP contribution in [-0.2, 0) is 0 Å². The van der Waals surface area contributed by atoms with Crippen LogP contribution >= 0.6 is 0 Å². The molecule has 1 aliphatic heterocycles. The van der Waals surface area contributed by atoms with Gasteiger partial charge in [0.05, 0.1) is 0 Å². The predicted molar refractivity (Wildman–Crippen MR) is 78.1 cm³/mol. The molecule has 1 saturated heterocycles. The Hall–Kier alpha value is -0.860. The molecular formula is C16H26N2. The second-order valence-corrected chi connectivity index (χ2v) is 5.52. The van der Waals surface area contributed by atoms with Crippen molar-refractivity contribution in [2.75, 3.05) is 26.2 Å². The lowest BCUT2D eigenvalue weighted by Gasteiger charge is -2.36. The number of aryl methyl sites for hydroxylation is 3. The van der Waals surface area contributed by atoms with Gasteiger partial charge in [0.2, 0.25) is 0 Å². The highest BCUT2D eigenvalue weighted by molar-refractivity contribution is 5.39. The fourth-order valence-corrected chi connectivity index (χ4v) is 3.36. The molecule has 100 valence electrons. The first-order chi connectivity index (χ1) is 8.63. The summed E-state index contributed by atoms with van der Waals surface area (Å²) in [5, 5.41) is 3.44. The highest BCUT2D eigenvalue weighted by Gasteiger charge is 2.23. The van der Waals surface area contributed by atoms with Crippen molar-refractivity contribution < 1.29 is 0 Å². The molecule has 1 unspecified atom stereocenters. The average molecular weight is 246 g/mol. The van der Waals surface area contributed by atoms with Crippen LogP contribution in [0.2, 0.25) is 0 Å². The summed E-state index contributed by atoms with van der Waals surface area (Å²) in [5.74, 6) is 0. The smallest absolute Gasteiger partial charge is 0.0351 e. The largest absolute Gasteiger partial charge is 0.314 e. The molecule has 2 rings (SSSR count). The summed E-state index contributed by atoms with van der Waals surface area (Å²) in [6.07, 6.45) is 1.20. The molecule has 0 bridgehead atoms. The van der Waals surface area contributed by atoms with Crippen molar-refractivity contribution in [2.45, 2.75) is 40.2 Å². The van der Waals surface area contributed by atoms with Gasteiger partial charge in [0, 0.05) is 32.2 Å². The van der Waals surface area contributed by atoms with Crippen LogP contribution in [0.15, 0.2) is 12.1 Å². The molecule has 1 aromatic rings. The van der Waals surface area contributed by atoms with E-state index in [-0.39, 0.29) is 0 Å². The summed E-state index contributed by atoms with van der Waals surface area (Å²) in [6, 6.07) is 5.24. The van der Waals surface area contributed by atoms with Gasteiger partial charge in [-0.05, 0) is 43.9 Å². The third-order valence-corrected chi connectivity index (χ3v) is 4.05. The first-order valence-electron chi connectivity index (χ1n) is 7.16. The average Bonchev–Trinajstić information content (AvgIpc) is 2.34. The molecule has 2 nitrogen and oxygen atoms in total. The van der Waals surface area contributed by atoms with E-state index in [1.54, 1.807) is 5.56 Å². The summed E-state index contributed by atoms with van der Waals surface area (Å²) in [4.78, 5) is 2.64. The zero-order chi connectivity index (χ0) is 13.1. The van der Waals surface area contributed by atoms with Crippen LogP contribution in [0.3, 0.4) is 0 Å². The maximum atomic E-state index is 3.44. The maximum absolute atomic E-state index is 3.44. The molecule has 1 aromatic carbocycles. The topological polar surface area (TPSA) is 15.3 Å². The monoisotopic (exact) mass is 246 g/mol. The number of hydrogen-bond donors (Lipinski definition) is 1. The van der Waals surface area contributed by atoms with E-state index in [9.17, 15) is 0 Å². The molecule has 2 heteroatoms. The first-order valence-corrected chi connectivity index (χ1v) is 7.16. The van der Waals surface area contributed by atoms with E-state index in [0.29, 0.717) is 6.04 Å². The molecule has 0 radical (unpaired) electrons. The highest BCUT2D eigenvalue weighted by Crippen LogP contribution is 2.30. The lowest BCUT2D eigenvalue weighted by Crippen LogP contribution is -2.45. The second-order valence-electron chi connectivity index (χ2n) is 5.52. The fourth-order valence-electron chi connectivity index (χ4n) is 3.36. The standard InChI is InChI=1S/C16H26N2/c1-5-15(18-8-6-17-7-9-18)16-13(3)10-12(2)11-14(16)4/h10-11,15,17H,5-9H2,1-4H3. The highest BCUT2D eigenvalue weighted by atomic mass is 15.2. The van der Waals surface area contributed by atoms with E-state index in [1.807, 2.05) is 0 Å². The Morgan fingerprint density at radius 3 is 2.17 bits per heavy atom. The van der Waals surface area contributed by atoms with Gasteiger partial charge in [-0.1, -0.05) is 24.6 Å². The number of hydrogen-bond acceptors (Lipinski definition) is 2. The van der Waals surface area contributed by atoms with Gasteiger partial charge in [0.15, 0.2) is 0 Å². The molecule has 0 aromatic heterocycles. The molecule has 0 aliphatic carbocycles. The van der Waals surface area contributed by atoms with Gasteiger partial charge in [-0.25, -0.2) is 0 Å². The minimum atomic E-state index is 0.590. The Bertz CT molecular complexity index is 383. The van der Waals surface area contributed by atoms with Gasteiger partial charge >= 0.3 is 0 Å². The van der Waals surface area contributed by atoms with Crippen molar-refractivity contribution in [1.82, 2.24) is 10.2 Å². The van der Waals surface area contributed by atoms with Gasteiger partial charge in [0.25, 0.3) is 0 Å². The second kappa shape index (κ2) is 5.85. The van der Waals surface area contributed by atoms with Crippen molar-refractivity contribution in [3.63, 3.8) is 0 Å². The lowest BCUT2D eigenvalue weighted by molar-refractivity contribution is 0.168. The minimum Gasteiger partial charge on any atom is -0.314 e. The van der Waals surface area contributed by atoms with Crippen molar-refractivity contribution in [3.8, 4) is 0 Å². The third-order valence-electron chi connectivity index (χ3n) is 4.05. The Balaban J connectivity index is 2.32. The molecule has 1 heterocycles. The minimum absolute atomic E-state index is 0.590. The lowest BCUT2D eigenvalue weighted by atomic mass is 9.91.